The zero-order chi connectivity index (χ0) is 18.0. The van der Waals surface area contributed by atoms with E-state index in [1.54, 1.807) is 0 Å². The van der Waals surface area contributed by atoms with E-state index >= 15 is 0 Å². The third-order valence-electron chi connectivity index (χ3n) is 6.01. The van der Waals surface area contributed by atoms with Crippen molar-refractivity contribution in [2.24, 2.45) is 23.2 Å². The first-order valence-corrected chi connectivity index (χ1v) is 8.89. The van der Waals surface area contributed by atoms with Crippen LogP contribution in [0.5, 0.6) is 0 Å². The molecule has 2 bridgehead atoms. The minimum Gasteiger partial charge on any atom is -0.449 e. The molecule has 0 saturated carbocycles. The van der Waals surface area contributed by atoms with Crippen LogP contribution >= 0.6 is 0 Å². The second-order valence-electron chi connectivity index (χ2n) is 7.33. The summed E-state index contributed by atoms with van der Waals surface area (Å²) in [4.78, 5) is 12.2. The van der Waals surface area contributed by atoms with Crippen LogP contribution in [0, 0.1) is 23.2 Å². The predicted octanol–water partition coefficient (Wildman–Crippen LogP) is 4.65. The number of carbonyl (C=O) groups is 1. The number of carbonyl (C=O) groups excluding carboxylic acids is 1. The number of nitrogens with one attached hydrogen (secondary N) is 1. The van der Waals surface area contributed by atoms with E-state index in [1.807, 2.05) is 36.4 Å². The summed E-state index contributed by atoms with van der Waals surface area (Å²) in [5, 5.41) is 2.78. The Kier molecular flexibility index (Phi) is 5.00. The molecule has 1 fully saturated rings. The van der Waals surface area contributed by atoms with Crippen LogP contribution < -0.4 is 5.32 Å². The summed E-state index contributed by atoms with van der Waals surface area (Å²) in [5.74, 6) is 0.936. The van der Waals surface area contributed by atoms with Crippen LogP contribution in [-0.4, -0.2) is 25.4 Å². The number of allylic oxidation sites excluding steroid dienone is 1. The van der Waals surface area contributed by atoms with Crippen LogP contribution in [-0.2, 0) is 9.47 Å². The van der Waals surface area contributed by atoms with E-state index in [0.29, 0.717) is 25.0 Å². The molecule has 1 aromatic rings. The molecule has 3 rings (SSSR count). The Labute approximate surface area is 149 Å². The summed E-state index contributed by atoms with van der Waals surface area (Å²) in [6.45, 7) is 11.4. The van der Waals surface area contributed by atoms with E-state index in [0.717, 1.165) is 5.69 Å². The van der Waals surface area contributed by atoms with Gasteiger partial charge in [-0.15, -0.1) is 6.58 Å². The molecule has 1 heterocycles. The summed E-state index contributed by atoms with van der Waals surface area (Å²) in [6.07, 6.45) is 3.81. The number of para-hydroxylation sites is 1. The molecule has 25 heavy (non-hydrogen) atoms. The van der Waals surface area contributed by atoms with Gasteiger partial charge in [-0.2, -0.15) is 0 Å². The summed E-state index contributed by atoms with van der Waals surface area (Å²) >= 11 is 0. The first-order valence-electron chi connectivity index (χ1n) is 8.89. The van der Waals surface area contributed by atoms with E-state index in [4.69, 9.17) is 9.47 Å². The van der Waals surface area contributed by atoms with Crippen molar-refractivity contribution in [1.82, 2.24) is 0 Å². The molecule has 1 aliphatic carbocycles. The molecule has 1 N–H and O–H groups in total. The maximum atomic E-state index is 12.2. The molecule has 0 radical (unpaired) electrons. The van der Waals surface area contributed by atoms with Crippen LogP contribution in [0.2, 0.25) is 0 Å². The van der Waals surface area contributed by atoms with Crippen LogP contribution in [0.3, 0.4) is 0 Å². The lowest BCUT2D eigenvalue weighted by Crippen LogP contribution is -2.56. The van der Waals surface area contributed by atoms with Gasteiger partial charge >= 0.3 is 6.09 Å². The quantitative estimate of drug-likeness (QED) is 0.811. The van der Waals surface area contributed by atoms with Gasteiger partial charge in [0.2, 0.25) is 0 Å². The number of anilines is 1. The highest BCUT2D eigenvalue weighted by molar-refractivity contribution is 5.84. The summed E-state index contributed by atoms with van der Waals surface area (Å²) in [6, 6.07) is 9.34. The third-order valence-corrected chi connectivity index (χ3v) is 6.01. The lowest BCUT2D eigenvalue weighted by atomic mass is 9.56. The van der Waals surface area contributed by atoms with Crippen molar-refractivity contribution in [3.63, 3.8) is 0 Å². The topological polar surface area (TPSA) is 47.6 Å². The van der Waals surface area contributed by atoms with Crippen molar-refractivity contribution in [2.45, 2.75) is 26.9 Å². The van der Waals surface area contributed by atoms with Crippen molar-refractivity contribution in [1.29, 1.82) is 0 Å². The maximum absolute atomic E-state index is 12.2. The highest BCUT2D eigenvalue weighted by Crippen LogP contribution is 2.52. The summed E-state index contributed by atoms with van der Waals surface area (Å²) < 4.78 is 11.7. The molecule has 1 aromatic carbocycles. The number of benzene rings is 1. The van der Waals surface area contributed by atoms with Crippen LogP contribution in [0.4, 0.5) is 10.5 Å². The second kappa shape index (κ2) is 7.04. The Bertz CT molecular complexity index is 669. The standard InChI is InChI=1S/C21H27NO3/c1-5-18-19-14(2)11-15(3)21(12-24-18,16(19)4)13-25-20(23)22-17-9-7-6-8-10-17/h5-11,15-16,18-19H,1,12-13H2,2-4H3,(H,22,23)/t15-,16-,18-,19+,21-/m1/s1. The zero-order valence-corrected chi connectivity index (χ0v) is 15.2. The van der Waals surface area contributed by atoms with Gasteiger partial charge < -0.3 is 9.47 Å². The van der Waals surface area contributed by atoms with Gasteiger partial charge in [-0.3, -0.25) is 5.32 Å². The summed E-state index contributed by atoms with van der Waals surface area (Å²) in [5.41, 5.74) is 1.88. The second-order valence-corrected chi connectivity index (χ2v) is 7.33. The average Bonchev–Trinajstić information content (AvgIpc) is 2.59. The molecule has 2 aliphatic rings. The van der Waals surface area contributed by atoms with Gasteiger partial charge in [0.15, 0.2) is 0 Å². The molecule has 4 nitrogen and oxygen atoms in total. The van der Waals surface area contributed by atoms with Gasteiger partial charge in [-0.25, -0.2) is 4.79 Å². The smallest absolute Gasteiger partial charge is 0.411 e. The third kappa shape index (κ3) is 3.23. The Morgan fingerprint density at radius 2 is 2.12 bits per heavy atom. The van der Waals surface area contributed by atoms with Crippen LogP contribution in [0.15, 0.2) is 54.6 Å². The molecule has 1 amide bonds. The Morgan fingerprint density at radius 3 is 2.80 bits per heavy atom. The molecule has 5 atom stereocenters. The van der Waals surface area contributed by atoms with Crippen molar-refractivity contribution in [3.05, 3.63) is 54.6 Å². The van der Waals surface area contributed by atoms with Crippen LogP contribution in [0.25, 0.3) is 0 Å². The van der Waals surface area contributed by atoms with E-state index in [2.05, 4.69) is 38.7 Å². The lowest BCUT2D eigenvalue weighted by molar-refractivity contribution is -0.148. The fourth-order valence-corrected chi connectivity index (χ4v) is 4.39. The number of hydrogen-bond acceptors (Lipinski definition) is 3. The highest BCUT2D eigenvalue weighted by Gasteiger charge is 2.53. The summed E-state index contributed by atoms with van der Waals surface area (Å²) in [7, 11) is 0. The number of amides is 1. The van der Waals surface area contributed by atoms with E-state index in [9.17, 15) is 4.79 Å². The maximum Gasteiger partial charge on any atom is 0.411 e. The van der Waals surface area contributed by atoms with Crippen molar-refractivity contribution in [2.75, 3.05) is 18.5 Å². The normalized spacial score (nSPS) is 34.0. The van der Waals surface area contributed by atoms with Gasteiger partial charge in [0.05, 0.1) is 12.7 Å². The number of ether oxygens (including phenoxy) is 2. The SMILES string of the molecule is C=C[C@H]1OC[C@@]2(COC(=O)Nc3ccccc3)[C@H](C)C=C(C)[C@H]1[C@H]2C. The molecule has 0 unspecified atom stereocenters. The number of fused-ring (bicyclic) bond motifs is 2. The largest absolute Gasteiger partial charge is 0.449 e. The number of hydrogen-bond donors (Lipinski definition) is 1. The van der Waals surface area contributed by atoms with Crippen molar-refractivity contribution < 1.29 is 14.3 Å². The molecular weight excluding hydrogens is 314 g/mol. The van der Waals surface area contributed by atoms with Gasteiger partial charge in [-0.05, 0) is 30.9 Å². The first-order chi connectivity index (χ1) is 12.0. The molecule has 4 heteroatoms. The van der Waals surface area contributed by atoms with E-state index < -0.39 is 6.09 Å². The minimum atomic E-state index is -0.423. The Morgan fingerprint density at radius 1 is 1.40 bits per heavy atom. The lowest BCUT2D eigenvalue weighted by Gasteiger charge is -2.54. The average molecular weight is 341 g/mol. The number of rotatable bonds is 4. The predicted molar refractivity (Wildman–Crippen MR) is 99.4 cm³/mol. The molecule has 1 aliphatic heterocycles. The van der Waals surface area contributed by atoms with Gasteiger partial charge in [0.25, 0.3) is 0 Å². The van der Waals surface area contributed by atoms with Gasteiger partial charge in [-0.1, -0.05) is 49.8 Å². The zero-order valence-electron chi connectivity index (χ0n) is 15.2. The minimum absolute atomic E-state index is 0.0324. The Hall–Kier alpha value is -2.07. The monoisotopic (exact) mass is 341 g/mol. The molecule has 0 aromatic heterocycles. The van der Waals surface area contributed by atoms with Crippen molar-refractivity contribution >= 4 is 11.8 Å². The Balaban J connectivity index is 1.72. The van der Waals surface area contributed by atoms with Crippen LogP contribution in [0.1, 0.15) is 20.8 Å². The highest BCUT2D eigenvalue weighted by atomic mass is 16.6. The van der Waals surface area contributed by atoms with Gasteiger partial charge in [0.1, 0.15) is 6.61 Å². The molecular formula is C21H27NO3. The fourth-order valence-electron chi connectivity index (χ4n) is 4.39. The van der Waals surface area contributed by atoms with E-state index in [-0.39, 0.29) is 17.4 Å². The van der Waals surface area contributed by atoms with Crippen molar-refractivity contribution in [3.8, 4) is 0 Å². The fraction of sp³-hybridized carbons (Fsp3) is 0.476. The van der Waals surface area contributed by atoms with Gasteiger partial charge in [0, 0.05) is 17.0 Å². The molecule has 134 valence electrons. The molecule has 0 spiro atoms. The van der Waals surface area contributed by atoms with E-state index in [1.165, 1.54) is 5.57 Å². The first kappa shape index (κ1) is 17.7. The molecule has 1 saturated heterocycles.